The number of ether oxygens (including phenoxy) is 1. The number of alkyl halides is 3. The fourth-order valence-corrected chi connectivity index (χ4v) is 7.77. The van der Waals surface area contributed by atoms with E-state index in [-0.39, 0.29) is 17.9 Å². The van der Waals surface area contributed by atoms with Crippen molar-refractivity contribution in [1.82, 2.24) is 4.57 Å². The average Bonchev–Trinajstić information content (AvgIpc) is 3.55. The molecule has 11 heteroatoms. The van der Waals surface area contributed by atoms with Crippen LogP contribution in [0.3, 0.4) is 0 Å². The lowest BCUT2D eigenvalue weighted by Gasteiger charge is -2.13. The molecule has 39 heavy (non-hydrogen) atoms. The van der Waals surface area contributed by atoms with E-state index in [1.54, 1.807) is 28.5 Å². The zero-order valence-corrected chi connectivity index (χ0v) is 24.2. The van der Waals surface area contributed by atoms with Crippen molar-refractivity contribution in [2.24, 2.45) is 0 Å². The highest BCUT2D eigenvalue weighted by Gasteiger charge is 2.32. The largest absolute Gasteiger partial charge is 0.573 e. The van der Waals surface area contributed by atoms with Crippen LogP contribution in [0.4, 0.5) is 18.9 Å². The number of thioether (sulfide) groups is 1. The molecule has 1 aliphatic rings. The number of anilines is 1. The molecule has 1 aliphatic heterocycles. The van der Waals surface area contributed by atoms with Gasteiger partial charge in [-0.25, -0.2) is 0 Å². The minimum Gasteiger partial charge on any atom is -0.405 e. The van der Waals surface area contributed by atoms with Gasteiger partial charge in [0.1, 0.15) is 20.0 Å². The number of rotatable bonds is 6. The number of para-hydroxylation sites is 1. The fraction of sp³-hybridized carbons (Fsp3) is 0.286. The molecule has 2 aromatic carbocycles. The second kappa shape index (κ2) is 10.9. The molecular formula is C28H27F3N3O2S3+. The minimum atomic E-state index is -4.77. The van der Waals surface area contributed by atoms with E-state index in [4.69, 9.17) is 0 Å². The van der Waals surface area contributed by atoms with Gasteiger partial charge in [-0.15, -0.1) is 24.5 Å². The summed E-state index contributed by atoms with van der Waals surface area (Å²) >= 11 is 4.50. The van der Waals surface area contributed by atoms with E-state index in [0.29, 0.717) is 22.6 Å². The van der Waals surface area contributed by atoms with Gasteiger partial charge in [-0.05, 0) is 42.7 Å². The molecule has 5 nitrogen and oxygen atoms in total. The van der Waals surface area contributed by atoms with Crippen LogP contribution in [-0.4, -0.2) is 18.0 Å². The summed E-state index contributed by atoms with van der Waals surface area (Å²) in [6, 6.07) is 12.6. The maximum atomic E-state index is 13.5. The molecule has 0 unspecified atom stereocenters. The summed E-state index contributed by atoms with van der Waals surface area (Å²) in [5.74, 6) is 0.186. The van der Waals surface area contributed by atoms with E-state index < -0.39 is 6.36 Å². The second-order valence-electron chi connectivity index (χ2n) is 9.34. The fourth-order valence-electron chi connectivity index (χ4n) is 4.41. The molecule has 5 rings (SSSR count). The summed E-state index contributed by atoms with van der Waals surface area (Å²) in [6.45, 7) is 6.95. The normalized spacial score (nSPS) is 15.4. The van der Waals surface area contributed by atoms with Gasteiger partial charge in [0.25, 0.3) is 10.6 Å². The molecule has 3 heterocycles. The number of fused-ring (bicyclic) bond motifs is 1. The highest BCUT2D eigenvalue weighted by Crippen LogP contribution is 2.46. The first kappa shape index (κ1) is 27.5. The van der Waals surface area contributed by atoms with Gasteiger partial charge >= 0.3 is 6.36 Å². The molecular weight excluding hydrogens is 564 g/mol. The van der Waals surface area contributed by atoms with Crippen molar-refractivity contribution in [3.05, 3.63) is 89.7 Å². The van der Waals surface area contributed by atoms with Crippen molar-refractivity contribution in [3.63, 3.8) is 0 Å². The highest BCUT2D eigenvalue weighted by molar-refractivity contribution is 8.08. The van der Waals surface area contributed by atoms with Crippen LogP contribution in [0, 0.1) is 0 Å². The van der Waals surface area contributed by atoms with Gasteiger partial charge < -0.3 is 9.64 Å². The Balaban J connectivity index is 1.55. The van der Waals surface area contributed by atoms with Crippen molar-refractivity contribution >= 4 is 51.2 Å². The lowest BCUT2D eigenvalue weighted by molar-refractivity contribution is -0.685. The third kappa shape index (κ3) is 5.66. The lowest BCUT2D eigenvalue weighted by Crippen LogP contribution is -2.36. The van der Waals surface area contributed by atoms with Crippen LogP contribution in [0.2, 0.25) is 0 Å². The standard InChI is InChI=1S/C28H27F3N3O2S3/c1-5-34-24(15-23-33(12-13-37-23)16-19-8-6-7-9-21(19)36-28(29,30)31)39-25(26(34)35)27-32(4)20-11-10-18(17(2)3)14-22(20)38-27/h6-15,17H,5,16H2,1-4H3/q+1/b27-25+. The summed E-state index contributed by atoms with van der Waals surface area (Å²) in [6.07, 6.45) is -1.02. The van der Waals surface area contributed by atoms with Crippen LogP contribution < -0.4 is 29.0 Å². The van der Waals surface area contributed by atoms with Gasteiger partial charge in [-0.3, -0.25) is 9.36 Å². The molecule has 0 saturated carbocycles. The second-order valence-corrected chi connectivity index (χ2v) is 12.3. The first-order valence-electron chi connectivity index (χ1n) is 12.4. The zero-order valence-electron chi connectivity index (χ0n) is 21.8. The Hall–Kier alpha value is -3.02. The molecule has 0 aliphatic carbocycles. The summed E-state index contributed by atoms with van der Waals surface area (Å²) in [5, 5.41) is 3.59. The quantitative estimate of drug-likeness (QED) is 0.279. The average molecular weight is 591 g/mol. The van der Waals surface area contributed by atoms with E-state index in [1.165, 1.54) is 40.4 Å². The van der Waals surface area contributed by atoms with Crippen LogP contribution in [0.1, 0.15) is 42.8 Å². The predicted octanol–water partition coefficient (Wildman–Crippen LogP) is 5.49. The SMILES string of the molecule is CCn1c(=O)/c(=C2\Sc3cc(C(C)C)ccc3N2C)s/c1=C\c1scc[n+]1Cc1ccccc1OC(F)(F)F. The Kier molecular flexibility index (Phi) is 7.67. The topological polar surface area (TPSA) is 38.4 Å². The molecule has 0 radical (unpaired) electrons. The molecule has 0 atom stereocenters. The van der Waals surface area contributed by atoms with Crippen LogP contribution in [-0.2, 0) is 13.1 Å². The molecule has 0 spiro atoms. The van der Waals surface area contributed by atoms with Crippen LogP contribution in [0.25, 0.3) is 11.1 Å². The Morgan fingerprint density at radius 3 is 2.64 bits per heavy atom. The summed E-state index contributed by atoms with van der Waals surface area (Å²) in [7, 11) is 1.98. The first-order chi connectivity index (χ1) is 18.6. The number of thiazole rings is 2. The molecule has 204 valence electrons. The van der Waals surface area contributed by atoms with E-state index in [0.717, 1.165) is 25.3 Å². The number of halogens is 3. The van der Waals surface area contributed by atoms with Gasteiger partial charge in [0.15, 0.2) is 12.7 Å². The maximum absolute atomic E-state index is 13.5. The van der Waals surface area contributed by atoms with Crippen LogP contribution in [0.5, 0.6) is 5.75 Å². The maximum Gasteiger partial charge on any atom is 0.573 e. The number of nitrogens with zero attached hydrogens (tertiary/aromatic N) is 3. The van der Waals surface area contributed by atoms with E-state index in [9.17, 15) is 18.0 Å². The number of aromatic nitrogens is 2. The van der Waals surface area contributed by atoms with Crippen molar-refractivity contribution in [2.45, 2.75) is 51.0 Å². The molecule has 0 saturated heterocycles. The Bertz CT molecular complexity index is 1700. The third-order valence-corrected chi connectivity index (χ3v) is 9.76. The monoisotopic (exact) mass is 590 g/mol. The summed E-state index contributed by atoms with van der Waals surface area (Å²) in [5.41, 5.74) is 2.70. The Labute approximate surface area is 236 Å². The van der Waals surface area contributed by atoms with Crippen LogP contribution >= 0.6 is 34.4 Å². The van der Waals surface area contributed by atoms with Crippen LogP contribution in [0.15, 0.2) is 63.7 Å². The van der Waals surface area contributed by atoms with E-state index in [1.807, 2.05) is 36.2 Å². The van der Waals surface area contributed by atoms with Crippen molar-refractivity contribution < 1.29 is 22.5 Å². The Morgan fingerprint density at radius 1 is 1.15 bits per heavy atom. The third-order valence-electron chi connectivity index (χ3n) is 6.44. The molecule has 0 bridgehead atoms. The zero-order chi connectivity index (χ0) is 27.9. The smallest absolute Gasteiger partial charge is 0.405 e. The van der Waals surface area contributed by atoms with Crippen molar-refractivity contribution in [1.29, 1.82) is 0 Å². The van der Waals surface area contributed by atoms with Gasteiger partial charge in [-0.2, -0.15) is 4.57 Å². The molecule has 0 N–H and O–H groups in total. The van der Waals surface area contributed by atoms with Crippen molar-refractivity contribution in [2.75, 3.05) is 11.9 Å². The molecule has 0 fully saturated rings. The van der Waals surface area contributed by atoms with Crippen molar-refractivity contribution in [3.8, 4) is 5.75 Å². The van der Waals surface area contributed by atoms with Gasteiger partial charge in [0.05, 0.1) is 22.7 Å². The molecule has 0 amide bonds. The molecule has 4 aromatic rings. The number of benzene rings is 2. The number of hydrogen-bond acceptors (Lipinski definition) is 6. The predicted molar refractivity (Wildman–Crippen MR) is 152 cm³/mol. The summed E-state index contributed by atoms with van der Waals surface area (Å²) < 4.78 is 48.0. The molecule has 2 aromatic heterocycles. The van der Waals surface area contributed by atoms with E-state index in [2.05, 4.69) is 41.7 Å². The minimum absolute atomic E-state index is 0.0491. The van der Waals surface area contributed by atoms with E-state index >= 15 is 0 Å². The van der Waals surface area contributed by atoms with Gasteiger partial charge in [0, 0.05) is 18.5 Å². The van der Waals surface area contributed by atoms with Gasteiger partial charge in [-0.1, -0.05) is 55.1 Å². The Morgan fingerprint density at radius 2 is 1.92 bits per heavy atom. The lowest BCUT2D eigenvalue weighted by atomic mass is 10.0. The number of hydrogen-bond donors (Lipinski definition) is 0. The first-order valence-corrected chi connectivity index (χ1v) is 14.9. The highest BCUT2D eigenvalue weighted by atomic mass is 32.2. The van der Waals surface area contributed by atoms with Gasteiger partial charge in [0.2, 0.25) is 0 Å². The summed E-state index contributed by atoms with van der Waals surface area (Å²) in [4.78, 5) is 16.7.